The van der Waals surface area contributed by atoms with E-state index in [1.807, 2.05) is 30.6 Å². The molecule has 0 atom stereocenters. The highest BCUT2D eigenvalue weighted by atomic mass is 35.5. The summed E-state index contributed by atoms with van der Waals surface area (Å²) in [5, 5.41) is 0.828. The van der Waals surface area contributed by atoms with E-state index in [1.54, 1.807) is 0 Å². The molecule has 84 valence electrons. The molecule has 3 rings (SSSR count). The van der Waals surface area contributed by atoms with Gasteiger partial charge in [-0.05, 0) is 59.4 Å². The van der Waals surface area contributed by atoms with Gasteiger partial charge in [0.25, 0.3) is 0 Å². The quantitative estimate of drug-likeness (QED) is 0.728. The highest BCUT2D eigenvalue weighted by Crippen LogP contribution is 2.34. The second kappa shape index (κ2) is 4.34. The molecule has 1 aliphatic rings. The van der Waals surface area contributed by atoms with Crippen molar-refractivity contribution in [2.45, 2.75) is 12.8 Å². The van der Waals surface area contributed by atoms with E-state index in [1.165, 1.54) is 22.3 Å². The molecule has 0 saturated carbocycles. The van der Waals surface area contributed by atoms with E-state index in [2.05, 4.69) is 23.2 Å². The first kappa shape index (κ1) is 10.5. The van der Waals surface area contributed by atoms with Gasteiger partial charge in [-0.25, -0.2) is 0 Å². The molecule has 0 radical (unpaired) electrons. The summed E-state index contributed by atoms with van der Waals surface area (Å²) in [5.41, 5.74) is 5.30. The number of aryl methyl sites for hydroxylation is 1. The van der Waals surface area contributed by atoms with E-state index in [0.29, 0.717) is 0 Å². The number of aromatic nitrogens is 1. The Balaban J connectivity index is 2.02. The molecule has 2 aromatic rings. The molecule has 2 heteroatoms. The van der Waals surface area contributed by atoms with Gasteiger partial charge in [0.05, 0.1) is 0 Å². The van der Waals surface area contributed by atoms with E-state index >= 15 is 0 Å². The molecular weight excluding hydrogens is 230 g/mol. The summed E-state index contributed by atoms with van der Waals surface area (Å²) in [4.78, 5) is 4.03. The van der Waals surface area contributed by atoms with Crippen LogP contribution in [0.1, 0.15) is 23.1 Å². The van der Waals surface area contributed by atoms with Crippen LogP contribution in [0.25, 0.3) is 11.6 Å². The number of rotatable bonds is 1. The average molecular weight is 242 g/mol. The lowest BCUT2D eigenvalue weighted by Crippen LogP contribution is -1.81. The Bertz CT molecular complexity index is 573. The Hall–Kier alpha value is -1.60. The maximum absolute atomic E-state index is 6.00. The fourth-order valence-electron chi connectivity index (χ4n) is 2.30. The van der Waals surface area contributed by atoms with Crippen LogP contribution in [-0.4, -0.2) is 4.98 Å². The molecule has 1 heterocycles. The molecule has 1 aliphatic carbocycles. The number of hydrogen-bond acceptors (Lipinski definition) is 1. The maximum Gasteiger partial charge on any atom is 0.0409 e. The van der Waals surface area contributed by atoms with Crippen LogP contribution in [0.15, 0.2) is 42.7 Å². The van der Waals surface area contributed by atoms with Crippen LogP contribution in [-0.2, 0) is 6.42 Å². The minimum Gasteiger partial charge on any atom is -0.265 e. The Morgan fingerprint density at radius 3 is 2.71 bits per heavy atom. The fourth-order valence-corrected chi connectivity index (χ4v) is 2.49. The van der Waals surface area contributed by atoms with Crippen LogP contribution >= 0.6 is 11.6 Å². The number of pyridine rings is 1. The number of halogens is 1. The van der Waals surface area contributed by atoms with Crippen molar-refractivity contribution in [2.75, 3.05) is 0 Å². The maximum atomic E-state index is 6.00. The molecule has 0 spiro atoms. The van der Waals surface area contributed by atoms with Crippen LogP contribution in [0.4, 0.5) is 0 Å². The van der Waals surface area contributed by atoms with Gasteiger partial charge in [-0.15, -0.1) is 0 Å². The van der Waals surface area contributed by atoms with Gasteiger partial charge in [0, 0.05) is 17.4 Å². The zero-order valence-electron chi connectivity index (χ0n) is 9.36. The first-order valence-electron chi connectivity index (χ1n) is 5.72. The summed E-state index contributed by atoms with van der Waals surface area (Å²) in [7, 11) is 0. The van der Waals surface area contributed by atoms with E-state index in [0.717, 1.165) is 17.9 Å². The summed E-state index contributed by atoms with van der Waals surface area (Å²) >= 11 is 6.00. The molecule has 0 fully saturated rings. The van der Waals surface area contributed by atoms with Gasteiger partial charge in [0.15, 0.2) is 0 Å². The van der Waals surface area contributed by atoms with Crippen LogP contribution in [0.5, 0.6) is 0 Å². The molecule has 0 saturated heterocycles. The number of nitrogens with zero attached hydrogens (tertiary/aromatic N) is 1. The minimum atomic E-state index is 0.828. The topological polar surface area (TPSA) is 12.9 Å². The molecule has 0 N–H and O–H groups in total. The minimum absolute atomic E-state index is 0.828. The highest BCUT2D eigenvalue weighted by molar-refractivity contribution is 6.30. The van der Waals surface area contributed by atoms with Gasteiger partial charge in [-0.3, -0.25) is 4.98 Å². The summed E-state index contributed by atoms with van der Waals surface area (Å²) in [5.74, 6) is 0. The van der Waals surface area contributed by atoms with Gasteiger partial charge in [-0.2, -0.15) is 0 Å². The molecule has 1 aromatic heterocycles. The summed E-state index contributed by atoms with van der Waals surface area (Å²) < 4.78 is 0. The van der Waals surface area contributed by atoms with Gasteiger partial charge in [-0.1, -0.05) is 23.7 Å². The van der Waals surface area contributed by atoms with E-state index in [-0.39, 0.29) is 0 Å². The summed E-state index contributed by atoms with van der Waals surface area (Å²) in [6, 6.07) is 10.2. The van der Waals surface area contributed by atoms with Crippen molar-refractivity contribution in [3.63, 3.8) is 0 Å². The average Bonchev–Trinajstić information content (AvgIpc) is 2.73. The van der Waals surface area contributed by atoms with Crippen LogP contribution in [0, 0.1) is 0 Å². The Morgan fingerprint density at radius 2 is 1.88 bits per heavy atom. The Kier molecular flexibility index (Phi) is 2.69. The molecular formula is C15H12ClN. The second-order valence-electron chi connectivity index (χ2n) is 4.25. The number of benzene rings is 1. The SMILES string of the molecule is Clc1ccc2c(c1)CC/C2=C/c1ccncc1. The van der Waals surface area contributed by atoms with Crippen molar-refractivity contribution in [1.82, 2.24) is 4.98 Å². The normalized spacial score (nSPS) is 16.2. The molecule has 0 aliphatic heterocycles. The zero-order chi connectivity index (χ0) is 11.7. The third-order valence-corrected chi connectivity index (χ3v) is 3.36. The van der Waals surface area contributed by atoms with Gasteiger partial charge in [0.2, 0.25) is 0 Å². The molecule has 17 heavy (non-hydrogen) atoms. The first-order valence-corrected chi connectivity index (χ1v) is 6.10. The predicted octanol–water partition coefficient (Wildman–Crippen LogP) is 4.22. The lowest BCUT2D eigenvalue weighted by atomic mass is 10.1. The van der Waals surface area contributed by atoms with Crippen molar-refractivity contribution in [3.8, 4) is 0 Å². The van der Waals surface area contributed by atoms with Crippen molar-refractivity contribution in [2.24, 2.45) is 0 Å². The molecule has 1 nitrogen and oxygen atoms in total. The van der Waals surface area contributed by atoms with Gasteiger partial charge < -0.3 is 0 Å². The molecule has 0 bridgehead atoms. The lowest BCUT2D eigenvalue weighted by Gasteiger charge is -2.01. The largest absolute Gasteiger partial charge is 0.265 e. The van der Waals surface area contributed by atoms with Crippen LogP contribution < -0.4 is 0 Å². The monoisotopic (exact) mass is 241 g/mol. The summed E-state index contributed by atoms with van der Waals surface area (Å²) in [6.45, 7) is 0. The van der Waals surface area contributed by atoms with Crippen LogP contribution in [0.3, 0.4) is 0 Å². The molecule has 0 amide bonds. The third-order valence-electron chi connectivity index (χ3n) is 3.12. The number of hydrogen-bond donors (Lipinski definition) is 0. The van der Waals surface area contributed by atoms with E-state index < -0.39 is 0 Å². The first-order chi connectivity index (χ1) is 8.33. The second-order valence-corrected chi connectivity index (χ2v) is 4.69. The standard InChI is InChI=1S/C15H12ClN/c16-14-3-4-15-12(1-2-13(15)10-14)9-11-5-7-17-8-6-11/h3-10H,1-2H2/b12-9-. The van der Waals surface area contributed by atoms with Crippen molar-refractivity contribution < 1.29 is 0 Å². The van der Waals surface area contributed by atoms with E-state index in [9.17, 15) is 0 Å². The Labute approximate surface area is 106 Å². The van der Waals surface area contributed by atoms with Crippen molar-refractivity contribution in [1.29, 1.82) is 0 Å². The number of fused-ring (bicyclic) bond motifs is 1. The van der Waals surface area contributed by atoms with Crippen molar-refractivity contribution >= 4 is 23.3 Å². The zero-order valence-corrected chi connectivity index (χ0v) is 10.1. The molecule has 1 aromatic carbocycles. The molecule has 0 unspecified atom stereocenters. The fraction of sp³-hybridized carbons (Fsp3) is 0.133. The number of allylic oxidation sites excluding steroid dienone is 1. The third kappa shape index (κ3) is 2.11. The van der Waals surface area contributed by atoms with Gasteiger partial charge in [0.1, 0.15) is 0 Å². The smallest absolute Gasteiger partial charge is 0.0409 e. The lowest BCUT2D eigenvalue weighted by molar-refractivity contribution is 1.08. The highest BCUT2D eigenvalue weighted by Gasteiger charge is 2.15. The van der Waals surface area contributed by atoms with Crippen LogP contribution in [0.2, 0.25) is 5.02 Å². The van der Waals surface area contributed by atoms with Crippen molar-refractivity contribution in [3.05, 3.63) is 64.4 Å². The summed E-state index contributed by atoms with van der Waals surface area (Å²) in [6.07, 6.45) is 8.07. The van der Waals surface area contributed by atoms with Gasteiger partial charge >= 0.3 is 0 Å². The predicted molar refractivity (Wildman–Crippen MR) is 71.9 cm³/mol. The van der Waals surface area contributed by atoms with E-state index in [4.69, 9.17) is 11.6 Å². The Morgan fingerprint density at radius 1 is 1.06 bits per heavy atom.